The van der Waals surface area contributed by atoms with E-state index >= 15 is 0 Å². The van der Waals surface area contributed by atoms with Crippen LogP contribution in [0.25, 0.3) is 22.1 Å². The molecule has 6 nitrogen and oxygen atoms in total. The predicted octanol–water partition coefficient (Wildman–Crippen LogP) is 4.22. The number of benzene rings is 2. The van der Waals surface area contributed by atoms with E-state index in [0.29, 0.717) is 23.7 Å². The Hall–Kier alpha value is -3.41. The van der Waals surface area contributed by atoms with Crippen LogP contribution in [0.2, 0.25) is 0 Å². The highest BCUT2D eigenvalue weighted by molar-refractivity contribution is 5.88. The Kier molecular flexibility index (Phi) is 5.07. The smallest absolute Gasteiger partial charge is 0.204 e. The van der Waals surface area contributed by atoms with E-state index in [0.717, 1.165) is 11.6 Å². The minimum absolute atomic E-state index is 0.00755. The van der Waals surface area contributed by atoms with Gasteiger partial charge in [0.25, 0.3) is 0 Å². The van der Waals surface area contributed by atoms with Gasteiger partial charge in [-0.1, -0.05) is 11.6 Å². The van der Waals surface area contributed by atoms with Crippen LogP contribution < -0.4 is 14.9 Å². The number of ether oxygens (including phenoxy) is 2. The van der Waals surface area contributed by atoms with Gasteiger partial charge in [-0.15, -0.1) is 0 Å². The lowest BCUT2D eigenvalue weighted by Gasteiger charge is -2.11. The number of phenols is 2. The second-order valence-corrected chi connectivity index (χ2v) is 6.27. The Bertz CT molecular complexity index is 1070. The third-order valence-electron chi connectivity index (χ3n) is 4.05. The van der Waals surface area contributed by atoms with Gasteiger partial charge in [0.2, 0.25) is 5.43 Å². The molecule has 0 fully saturated rings. The fourth-order valence-electron chi connectivity index (χ4n) is 2.67. The van der Waals surface area contributed by atoms with Crippen LogP contribution in [-0.2, 0) is 0 Å². The first-order valence-corrected chi connectivity index (χ1v) is 8.32. The molecule has 0 aliphatic carbocycles. The molecule has 2 aromatic carbocycles. The summed E-state index contributed by atoms with van der Waals surface area (Å²) in [6.45, 7) is 4.38. The van der Waals surface area contributed by atoms with Crippen LogP contribution in [0, 0.1) is 0 Å². The molecule has 3 aromatic rings. The summed E-state index contributed by atoms with van der Waals surface area (Å²) in [5.74, 6) is 0.505. The molecule has 0 radical (unpaired) electrons. The first-order chi connectivity index (χ1) is 12.9. The molecule has 0 unspecified atom stereocenters. The molecule has 1 heterocycles. The number of allylic oxidation sites excluding steroid dienone is 1. The number of fused-ring (bicyclic) bond motifs is 1. The van der Waals surface area contributed by atoms with Gasteiger partial charge in [0.15, 0.2) is 11.5 Å². The first kappa shape index (κ1) is 18.4. The van der Waals surface area contributed by atoms with Crippen LogP contribution in [0.3, 0.4) is 0 Å². The van der Waals surface area contributed by atoms with Crippen molar-refractivity contribution in [2.75, 3.05) is 13.7 Å². The van der Waals surface area contributed by atoms with Gasteiger partial charge in [0, 0.05) is 12.1 Å². The van der Waals surface area contributed by atoms with Crippen molar-refractivity contribution in [3.05, 3.63) is 58.5 Å². The van der Waals surface area contributed by atoms with Crippen LogP contribution in [0.1, 0.15) is 13.8 Å². The summed E-state index contributed by atoms with van der Waals surface area (Å²) in [6, 6.07) is 7.49. The molecule has 0 atom stereocenters. The van der Waals surface area contributed by atoms with E-state index in [1.54, 1.807) is 18.2 Å². The zero-order valence-electron chi connectivity index (χ0n) is 15.3. The SMILES string of the molecule is COc1cc(-c2coc3cc(O)cc(O)c3c2=O)ccc1OCC=C(C)C. The molecule has 0 aliphatic rings. The standard InChI is InChI=1S/C21H20O6/c1-12(2)6-7-26-17-5-4-13(8-18(17)25-3)15-11-27-19-10-14(22)9-16(23)20(19)21(15)24/h4-6,8-11,22-23H,7H2,1-3H3. The monoisotopic (exact) mass is 368 g/mol. The molecular formula is C21H20O6. The van der Waals surface area contributed by atoms with E-state index < -0.39 is 5.43 Å². The van der Waals surface area contributed by atoms with Gasteiger partial charge in [0.1, 0.15) is 35.3 Å². The van der Waals surface area contributed by atoms with Gasteiger partial charge in [-0.05, 0) is 37.6 Å². The van der Waals surface area contributed by atoms with Crippen molar-refractivity contribution in [3.8, 4) is 34.1 Å². The Morgan fingerprint density at radius 3 is 2.63 bits per heavy atom. The van der Waals surface area contributed by atoms with E-state index in [9.17, 15) is 15.0 Å². The van der Waals surface area contributed by atoms with Crippen LogP contribution in [0.4, 0.5) is 0 Å². The highest BCUT2D eigenvalue weighted by Gasteiger charge is 2.15. The molecule has 2 N–H and O–H groups in total. The van der Waals surface area contributed by atoms with Crippen molar-refractivity contribution in [1.82, 2.24) is 0 Å². The lowest BCUT2D eigenvalue weighted by atomic mass is 10.0. The summed E-state index contributed by atoms with van der Waals surface area (Å²) in [5.41, 5.74) is 1.66. The molecule has 140 valence electrons. The Labute approximate surface area is 155 Å². The fraction of sp³-hybridized carbons (Fsp3) is 0.190. The summed E-state index contributed by atoms with van der Waals surface area (Å²) >= 11 is 0. The average molecular weight is 368 g/mol. The number of hydrogen-bond donors (Lipinski definition) is 2. The molecule has 0 aliphatic heterocycles. The molecule has 0 amide bonds. The van der Waals surface area contributed by atoms with Crippen molar-refractivity contribution in [3.63, 3.8) is 0 Å². The zero-order chi connectivity index (χ0) is 19.6. The molecule has 6 heteroatoms. The van der Waals surface area contributed by atoms with Crippen molar-refractivity contribution >= 4 is 11.0 Å². The zero-order valence-corrected chi connectivity index (χ0v) is 15.3. The predicted molar refractivity (Wildman–Crippen MR) is 103 cm³/mol. The Morgan fingerprint density at radius 2 is 1.93 bits per heavy atom. The van der Waals surface area contributed by atoms with Gasteiger partial charge in [-0.3, -0.25) is 4.79 Å². The minimum atomic E-state index is -0.408. The van der Waals surface area contributed by atoms with Gasteiger partial charge in [-0.2, -0.15) is 0 Å². The second kappa shape index (κ2) is 7.45. The average Bonchev–Trinajstić information content (AvgIpc) is 2.61. The van der Waals surface area contributed by atoms with Crippen LogP contribution in [-0.4, -0.2) is 23.9 Å². The Morgan fingerprint density at radius 1 is 1.15 bits per heavy atom. The quantitative estimate of drug-likeness (QED) is 0.655. The summed E-state index contributed by atoms with van der Waals surface area (Å²) in [4.78, 5) is 12.8. The summed E-state index contributed by atoms with van der Waals surface area (Å²) in [7, 11) is 1.52. The number of phenolic OH excluding ortho intramolecular Hbond substituents is 2. The normalized spacial score (nSPS) is 10.6. The van der Waals surface area contributed by atoms with Gasteiger partial charge >= 0.3 is 0 Å². The van der Waals surface area contributed by atoms with Crippen molar-refractivity contribution in [2.45, 2.75) is 13.8 Å². The van der Waals surface area contributed by atoms with Crippen molar-refractivity contribution < 1.29 is 24.1 Å². The van der Waals surface area contributed by atoms with Crippen LogP contribution in [0.5, 0.6) is 23.0 Å². The lowest BCUT2D eigenvalue weighted by molar-refractivity contribution is 0.326. The number of hydrogen-bond acceptors (Lipinski definition) is 6. The fourth-order valence-corrected chi connectivity index (χ4v) is 2.67. The molecule has 0 spiro atoms. The van der Waals surface area contributed by atoms with Crippen molar-refractivity contribution in [2.24, 2.45) is 0 Å². The Balaban J connectivity index is 2.05. The summed E-state index contributed by atoms with van der Waals surface area (Å²) < 4.78 is 16.5. The summed E-state index contributed by atoms with van der Waals surface area (Å²) in [5, 5.41) is 19.6. The number of methoxy groups -OCH3 is 1. The van der Waals surface area contributed by atoms with Crippen LogP contribution in [0.15, 0.2) is 57.5 Å². The molecule has 0 saturated carbocycles. The van der Waals surface area contributed by atoms with E-state index in [1.807, 2.05) is 19.9 Å². The molecule has 0 bridgehead atoms. The van der Waals surface area contributed by atoms with E-state index in [-0.39, 0.29) is 28.0 Å². The highest BCUT2D eigenvalue weighted by atomic mass is 16.5. The molecule has 0 saturated heterocycles. The molecule has 27 heavy (non-hydrogen) atoms. The maximum absolute atomic E-state index is 12.8. The number of rotatable bonds is 5. The lowest BCUT2D eigenvalue weighted by Crippen LogP contribution is -2.05. The maximum atomic E-state index is 12.8. The number of aromatic hydroxyl groups is 2. The van der Waals surface area contributed by atoms with Crippen molar-refractivity contribution in [1.29, 1.82) is 0 Å². The van der Waals surface area contributed by atoms with E-state index in [1.165, 1.54) is 19.4 Å². The highest BCUT2D eigenvalue weighted by Crippen LogP contribution is 2.34. The molecule has 1 aromatic heterocycles. The third-order valence-corrected chi connectivity index (χ3v) is 4.05. The molecular weight excluding hydrogens is 348 g/mol. The molecule has 3 rings (SSSR count). The largest absolute Gasteiger partial charge is 0.508 e. The van der Waals surface area contributed by atoms with Gasteiger partial charge in [-0.25, -0.2) is 0 Å². The maximum Gasteiger partial charge on any atom is 0.204 e. The van der Waals surface area contributed by atoms with E-state index in [2.05, 4.69) is 0 Å². The van der Waals surface area contributed by atoms with Gasteiger partial charge in [0.05, 0.1) is 12.7 Å². The second-order valence-electron chi connectivity index (χ2n) is 6.27. The van der Waals surface area contributed by atoms with E-state index in [4.69, 9.17) is 13.9 Å². The first-order valence-electron chi connectivity index (χ1n) is 8.32. The van der Waals surface area contributed by atoms with Gasteiger partial charge < -0.3 is 24.1 Å². The van der Waals surface area contributed by atoms with Crippen LogP contribution >= 0.6 is 0 Å². The topological polar surface area (TPSA) is 89.1 Å². The minimum Gasteiger partial charge on any atom is -0.508 e. The third kappa shape index (κ3) is 3.74. The summed E-state index contributed by atoms with van der Waals surface area (Å²) in [6.07, 6.45) is 3.24.